The average Bonchev–Trinajstić information content (AvgIpc) is 3.20. The van der Waals surface area contributed by atoms with Crippen LogP contribution in [-0.2, 0) is 4.74 Å². The lowest BCUT2D eigenvalue weighted by Gasteiger charge is -2.23. The second kappa shape index (κ2) is 11.3. The summed E-state index contributed by atoms with van der Waals surface area (Å²) < 4.78 is 16.8. The number of halogens is 1. The summed E-state index contributed by atoms with van der Waals surface area (Å²) in [5.74, 6) is 2.74. The number of aryl methyl sites for hydroxylation is 2. The summed E-state index contributed by atoms with van der Waals surface area (Å²) in [7, 11) is 1.73. The Morgan fingerprint density at radius 2 is 2.00 bits per heavy atom. The number of hydrogen-bond donors (Lipinski definition) is 3. The zero-order chi connectivity index (χ0) is 24.9. The molecule has 0 aliphatic carbocycles. The van der Waals surface area contributed by atoms with Crippen molar-refractivity contribution in [3.63, 3.8) is 0 Å². The van der Waals surface area contributed by atoms with Crippen molar-refractivity contribution in [1.29, 1.82) is 0 Å². The summed E-state index contributed by atoms with van der Waals surface area (Å²) in [6, 6.07) is 7.44. The molecule has 188 valence electrons. The average molecular weight is 502 g/mol. The smallest absolute Gasteiger partial charge is 0.175 e. The van der Waals surface area contributed by atoms with Gasteiger partial charge in [-0.2, -0.15) is 0 Å². The Morgan fingerprint density at radius 1 is 1.23 bits per heavy atom. The minimum absolute atomic E-state index is 0.423. The van der Waals surface area contributed by atoms with Crippen LogP contribution in [0.1, 0.15) is 31.2 Å². The number of anilines is 1. The Bertz CT molecular complexity index is 1130. The van der Waals surface area contributed by atoms with E-state index in [0.29, 0.717) is 45.5 Å². The van der Waals surface area contributed by atoms with Crippen molar-refractivity contribution < 1.29 is 19.1 Å². The molecule has 1 saturated heterocycles. The fraction of sp³-hybridized carbons (Fsp3) is 0.480. The molecule has 0 saturated carbocycles. The number of ether oxygens (including phenoxy) is 2. The van der Waals surface area contributed by atoms with Gasteiger partial charge in [0.05, 0.1) is 11.3 Å². The third-order valence-electron chi connectivity index (χ3n) is 6.10. The minimum atomic E-state index is -0.692. The van der Waals surface area contributed by atoms with Crippen molar-refractivity contribution in [1.82, 2.24) is 20.4 Å². The second-order valence-corrected chi connectivity index (χ2v) is 9.17. The van der Waals surface area contributed by atoms with Gasteiger partial charge in [-0.1, -0.05) is 28.9 Å². The molecular formula is C25H32ClN5O4. The highest BCUT2D eigenvalue weighted by atomic mass is 35.5. The van der Waals surface area contributed by atoms with Crippen molar-refractivity contribution in [2.24, 2.45) is 5.92 Å². The Balaban J connectivity index is 1.72. The summed E-state index contributed by atoms with van der Waals surface area (Å²) in [6.45, 7) is 7.65. The lowest BCUT2D eigenvalue weighted by molar-refractivity contribution is 0.0321. The van der Waals surface area contributed by atoms with Crippen LogP contribution in [0.2, 0.25) is 5.02 Å². The Morgan fingerprint density at radius 3 is 2.66 bits per heavy atom. The summed E-state index contributed by atoms with van der Waals surface area (Å²) in [4.78, 5) is 9.59. The maximum Gasteiger partial charge on any atom is 0.175 e. The molecule has 2 atom stereocenters. The number of aromatic nitrogens is 3. The molecule has 3 aromatic rings. The summed E-state index contributed by atoms with van der Waals surface area (Å²) in [6.07, 6.45) is 0.747. The quantitative estimate of drug-likeness (QED) is 0.371. The molecule has 0 bridgehead atoms. The molecule has 1 aliphatic rings. The highest BCUT2D eigenvalue weighted by Gasteiger charge is 2.23. The standard InChI is InChI=1S/C25H32ClN5O4/c1-14-20(16(3)35-31-14)22-21(26)24(28-13-17-8-10-33-11-9-17)30-23(29-22)18-6-5-7-19(12-18)34-25(27-4)15(2)32/h5-7,12,15,17,25,27,32H,8-11,13H2,1-4H3,(H,28,29,30). The highest BCUT2D eigenvalue weighted by molar-refractivity contribution is 6.35. The second-order valence-electron chi connectivity index (χ2n) is 8.79. The van der Waals surface area contributed by atoms with Gasteiger partial charge in [0.25, 0.3) is 0 Å². The molecule has 2 unspecified atom stereocenters. The Kier molecular flexibility index (Phi) is 8.22. The van der Waals surface area contributed by atoms with Crippen molar-refractivity contribution in [3.8, 4) is 28.4 Å². The normalized spacial score (nSPS) is 16.2. The van der Waals surface area contributed by atoms with Crippen LogP contribution in [0.3, 0.4) is 0 Å². The van der Waals surface area contributed by atoms with E-state index in [-0.39, 0.29) is 0 Å². The third-order valence-corrected chi connectivity index (χ3v) is 6.46. The van der Waals surface area contributed by atoms with E-state index in [0.717, 1.165) is 43.7 Å². The number of benzene rings is 1. The first kappa shape index (κ1) is 25.4. The first-order valence-corrected chi connectivity index (χ1v) is 12.2. The Hall–Kier alpha value is -2.72. The molecule has 3 N–H and O–H groups in total. The fourth-order valence-corrected chi connectivity index (χ4v) is 4.37. The van der Waals surface area contributed by atoms with Gasteiger partial charge in [-0.3, -0.25) is 5.32 Å². The summed E-state index contributed by atoms with van der Waals surface area (Å²) >= 11 is 6.83. The Labute approximate surface area is 210 Å². The van der Waals surface area contributed by atoms with Gasteiger partial charge in [-0.25, -0.2) is 9.97 Å². The van der Waals surface area contributed by atoms with E-state index in [9.17, 15) is 5.11 Å². The fourth-order valence-electron chi connectivity index (χ4n) is 4.13. The molecule has 1 aromatic carbocycles. The van der Waals surface area contributed by atoms with Gasteiger partial charge in [0.15, 0.2) is 12.1 Å². The van der Waals surface area contributed by atoms with E-state index in [1.54, 1.807) is 14.0 Å². The zero-order valence-corrected chi connectivity index (χ0v) is 21.2. The number of nitrogens with one attached hydrogen (secondary N) is 2. The first-order valence-electron chi connectivity index (χ1n) is 11.8. The third kappa shape index (κ3) is 5.92. The van der Waals surface area contributed by atoms with Crippen LogP contribution in [0.5, 0.6) is 5.75 Å². The van der Waals surface area contributed by atoms with Crippen molar-refractivity contribution in [2.45, 2.75) is 45.9 Å². The topological polar surface area (TPSA) is 115 Å². The van der Waals surface area contributed by atoms with E-state index in [1.807, 2.05) is 38.1 Å². The molecule has 1 fully saturated rings. The summed E-state index contributed by atoms with van der Waals surface area (Å²) in [5.41, 5.74) is 2.77. The molecule has 0 radical (unpaired) electrons. The van der Waals surface area contributed by atoms with Crippen LogP contribution in [-0.4, -0.2) is 59.4 Å². The SMILES string of the molecule is CNC(Oc1cccc(-c2nc(NCC3CCOCC3)c(Cl)c(-c3c(C)noc3C)n2)c1)C(C)O. The predicted octanol–water partition coefficient (Wildman–Crippen LogP) is 4.21. The van der Waals surface area contributed by atoms with E-state index < -0.39 is 12.3 Å². The van der Waals surface area contributed by atoms with Gasteiger partial charge in [0, 0.05) is 25.3 Å². The number of likely N-dealkylation sites (N-methyl/N-ethyl adjacent to an activating group) is 1. The van der Waals surface area contributed by atoms with E-state index in [1.165, 1.54) is 0 Å². The van der Waals surface area contributed by atoms with Gasteiger partial charge >= 0.3 is 0 Å². The van der Waals surface area contributed by atoms with Crippen molar-refractivity contribution in [3.05, 3.63) is 40.7 Å². The number of nitrogens with zero attached hydrogens (tertiary/aromatic N) is 3. The van der Waals surface area contributed by atoms with Crippen LogP contribution in [0.25, 0.3) is 22.6 Å². The van der Waals surface area contributed by atoms with Crippen LogP contribution >= 0.6 is 11.6 Å². The van der Waals surface area contributed by atoms with Gasteiger partial charge in [-0.05, 0) is 58.7 Å². The van der Waals surface area contributed by atoms with Crippen molar-refractivity contribution >= 4 is 17.4 Å². The van der Waals surface area contributed by atoms with E-state index in [4.69, 9.17) is 35.6 Å². The van der Waals surface area contributed by atoms with Crippen LogP contribution in [0.15, 0.2) is 28.8 Å². The van der Waals surface area contributed by atoms with Crippen LogP contribution in [0, 0.1) is 19.8 Å². The predicted molar refractivity (Wildman–Crippen MR) is 135 cm³/mol. The number of aliphatic hydroxyl groups excluding tert-OH is 1. The van der Waals surface area contributed by atoms with Crippen LogP contribution in [0.4, 0.5) is 5.82 Å². The van der Waals surface area contributed by atoms with E-state index in [2.05, 4.69) is 15.8 Å². The maximum absolute atomic E-state index is 9.93. The lowest BCUT2D eigenvalue weighted by Crippen LogP contribution is -2.40. The molecule has 3 heterocycles. The van der Waals surface area contributed by atoms with Gasteiger partial charge in [0.2, 0.25) is 0 Å². The van der Waals surface area contributed by atoms with Gasteiger partial charge in [-0.15, -0.1) is 0 Å². The lowest BCUT2D eigenvalue weighted by atomic mass is 10.0. The molecule has 0 spiro atoms. The zero-order valence-electron chi connectivity index (χ0n) is 20.5. The van der Waals surface area contributed by atoms with Crippen LogP contribution < -0.4 is 15.4 Å². The van der Waals surface area contributed by atoms with Gasteiger partial charge in [0.1, 0.15) is 34.1 Å². The molecule has 4 rings (SSSR count). The minimum Gasteiger partial charge on any atom is -0.473 e. The van der Waals surface area contributed by atoms with Gasteiger partial charge < -0.3 is 24.4 Å². The summed E-state index contributed by atoms with van der Waals surface area (Å²) in [5, 5.41) is 20.8. The molecule has 10 heteroatoms. The molecule has 1 aliphatic heterocycles. The molecular weight excluding hydrogens is 470 g/mol. The molecule has 9 nitrogen and oxygen atoms in total. The molecule has 35 heavy (non-hydrogen) atoms. The first-order chi connectivity index (χ1) is 16.9. The monoisotopic (exact) mass is 501 g/mol. The molecule has 2 aromatic heterocycles. The van der Waals surface area contributed by atoms with E-state index >= 15 is 0 Å². The molecule has 0 amide bonds. The number of rotatable bonds is 9. The number of aliphatic hydroxyl groups is 1. The van der Waals surface area contributed by atoms with Crippen molar-refractivity contribution in [2.75, 3.05) is 32.1 Å². The largest absolute Gasteiger partial charge is 0.473 e. The number of hydrogen-bond acceptors (Lipinski definition) is 9. The maximum atomic E-state index is 9.93. The highest BCUT2D eigenvalue weighted by Crippen LogP contribution is 2.37.